The normalized spacial score (nSPS) is 10.7. The van der Waals surface area contributed by atoms with Gasteiger partial charge in [0.1, 0.15) is 5.69 Å². The molecule has 6 heteroatoms. The molecule has 0 aliphatic heterocycles. The molecular weight excluding hydrogens is 243 g/mol. The lowest BCUT2D eigenvalue weighted by atomic mass is 10.5. The van der Waals surface area contributed by atoms with Crippen molar-refractivity contribution in [3.8, 4) is 0 Å². The molecule has 0 aliphatic carbocycles. The fourth-order valence-electron chi connectivity index (χ4n) is 0.355. The summed E-state index contributed by atoms with van der Waals surface area (Å²) in [5, 5.41) is 6.48. The molecule has 0 aromatic carbocycles. The van der Waals surface area contributed by atoms with Gasteiger partial charge in [-0.3, -0.25) is 0 Å². The van der Waals surface area contributed by atoms with Crippen molar-refractivity contribution in [1.29, 1.82) is 0 Å². The van der Waals surface area contributed by atoms with Crippen LogP contribution in [0.3, 0.4) is 0 Å². The Morgan fingerprint density at radius 3 is 2.56 bits per heavy atom. The van der Waals surface area contributed by atoms with E-state index in [2.05, 4.69) is 10.3 Å². The summed E-state index contributed by atoms with van der Waals surface area (Å²) in [7, 11) is 0. The molecule has 50 valence electrons. The predicted molar refractivity (Wildman–Crippen MR) is 34.4 cm³/mol. The molecule has 0 fully saturated rings. The highest BCUT2D eigenvalue weighted by Gasteiger charge is 2.10. The third-order valence-corrected chi connectivity index (χ3v) is 1.18. The minimum atomic E-state index is -2.52. The molecular formula is C3H2F2IN3. The zero-order valence-corrected chi connectivity index (χ0v) is 6.29. The molecule has 1 heterocycles. The number of halogens is 3. The Bertz CT molecular complexity index is 199. The van der Waals surface area contributed by atoms with E-state index in [4.69, 9.17) is 0 Å². The van der Waals surface area contributed by atoms with Crippen LogP contribution in [0.2, 0.25) is 0 Å². The highest BCUT2D eigenvalue weighted by atomic mass is 127. The van der Waals surface area contributed by atoms with Gasteiger partial charge in [-0.2, -0.15) is 2.90 Å². The molecule has 0 radical (unpaired) electrons. The van der Waals surface area contributed by atoms with Gasteiger partial charge in [-0.25, -0.2) is 8.78 Å². The van der Waals surface area contributed by atoms with Gasteiger partial charge >= 0.3 is 0 Å². The van der Waals surface area contributed by atoms with Crippen molar-refractivity contribution in [3.63, 3.8) is 0 Å². The molecule has 1 aromatic heterocycles. The molecule has 9 heavy (non-hydrogen) atoms. The van der Waals surface area contributed by atoms with E-state index in [1.165, 1.54) is 9.09 Å². The van der Waals surface area contributed by atoms with Crippen LogP contribution in [0.4, 0.5) is 8.78 Å². The van der Waals surface area contributed by atoms with Crippen molar-refractivity contribution >= 4 is 22.9 Å². The van der Waals surface area contributed by atoms with Crippen molar-refractivity contribution in [2.24, 2.45) is 0 Å². The van der Waals surface area contributed by atoms with E-state index >= 15 is 0 Å². The molecule has 0 N–H and O–H groups in total. The van der Waals surface area contributed by atoms with Crippen LogP contribution in [0, 0.1) is 0 Å². The second-order valence-electron chi connectivity index (χ2n) is 1.33. The first-order chi connectivity index (χ1) is 4.20. The Kier molecular flexibility index (Phi) is 1.94. The van der Waals surface area contributed by atoms with Crippen molar-refractivity contribution in [3.05, 3.63) is 11.9 Å². The molecule has 0 saturated heterocycles. The third-order valence-electron chi connectivity index (χ3n) is 0.708. The maximum absolute atomic E-state index is 11.7. The number of alkyl halides is 2. The highest BCUT2D eigenvalue weighted by Crippen LogP contribution is 2.14. The topological polar surface area (TPSA) is 30.7 Å². The van der Waals surface area contributed by atoms with Crippen LogP contribution >= 0.6 is 22.9 Å². The van der Waals surface area contributed by atoms with Crippen LogP contribution in [0.25, 0.3) is 0 Å². The smallest absolute Gasteiger partial charge is 0.203 e. The van der Waals surface area contributed by atoms with E-state index < -0.39 is 6.43 Å². The lowest BCUT2D eigenvalue weighted by molar-refractivity contribution is 0.146. The van der Waals surface area contributed by atoms with Gasteiger partial charge in [0.25, 0.3) is 6.43 Å². The largest absolute Gasteiger partial charge is 0.283 e. The van der Waals surface area contributed by atoms with E-state index in [9.17, 15) is 8.78 Å². The summed E-state index contributed by atoms with van der Waals surface area (Å²) in [5.74, 6) is 0. The zero-order chi connectivity index (χ0) is 6.85. The highest BCUT2D eigenvalue weighted by molar-refractivity contribution is 14.1. The maximum Gasteiger partial charge on any atom is 0.283 e. The quantitative estimate of drug-likeness (QED) is 0.700. The van der Waals surface area contributed by atoms with Crippen molar-refractivity contribution in [2.75, 3.05) is 0 Å². The molecule has 3 nitrogen and oxygen atoms in total. The Labute approximate surface area is 63.5 Å². The monoisotopic (exact) mass is 245 g/mol. The fraction of sp³-hybridized carbons (Fsp3) is 0.333. The van der Waals surface area contributed by atoms with Crippen LogP contribution in [0.5, 0.6) is 0 Å². The molecule has 0 atom stereocenters. The fourth-order valence-corrected chi connectivity index (χ4v) is 0.737. The Morgan fingerprint density at radius 2 is 2.33 bits per heavy atom. The molecule has 0 amide bonds. The van der Waals surface area contributed by atoms with E-state index in [0.29, 0.717) is 0 Å². The van der Waals surface area contributed by atoms with Gasteiger partial charge in [-0.1, -0.05) is 5.21 Å². The van der Waals surface area contributed by atoms with E-state index in [1.54, 1.807) is 22.9 Å². The summed E-state index contributed by atoms with van der Waals surface area (Å²) in [6.07, 6.45) is -1.35. The summed E-state index contributed by atoms with van der Waals surface area (Å²) in [5.41, 5.74) is -0.288. The number of nitrogens with zero attached hydrogens (tertiary/aromatic N) is 3. The SMILES string of the molecule is FC(F)c1cn(I)nn1. The Balaban J connectivity index is 2.85. The van der Waals surface area contributed by atoms with Crippen LogP contribution in [-0.4, -0.2) is 13.2 Å². The van der Waals surface area contributed by atoms with Crippen molar-refractivity contribution < 1.29 is 8.78 Å². The second-order valence-corrected chi connectivity index (χ2v) is 2.32. The van der Waals surface area contributed by atoms with Crippen molar-refractivity contribution in [1.82, 2.24) is 13.2 Å². The first-order valence-corrected chi connectivity index (χ1v) is 3.03. The molecule has 1 aromatic rings. The van der Waals surface area contributed by atoms with Gasteiger partial charge in [-0.15, -0.1) is 5.10 Å². The average Bonchev–Trinajstić information content (AvgIpc) is 2.14. The molecule has 0 spiro atoms. The van der Waals surface area contributed by atoms with E-state index in [1.807, 2.05) is 0 Å². The summed E-state index contributed by atoms with van der Waals surface area (Å²) in [6.45, 7) is 0. The number of hydrogen-bond acceptors (Lipinski definition) is 2. The predicted octanol–water partition coefficient (Wildman–Crippen LogP) is 1.41. The van der Waals surface area contributed by atoms with Crippen LogP contribution in [0.15, 0.2) is 6.20 Å². The van der Waals surface area contributed by atoms with Crippen LogP contribution < -0.4 is 0 Å². The molecule has 0 aliphatic rings. The van der Waals surface area contributed by atoms with Crippen LogP contribution in [0.1, 0.15) is 12.1 Å². The van der Waals surface area contributed by atoms with Crippen LogP contribution in [-0.2, 0) is 0 Å². The van der Waals surface area contributed by atoms with E-state index in [-0.39, 0.29) is 5.69 Å². The first-order valence-electron chi connectivity index (χ1n) is 2.06. The molecule has 0 unspecified atom stereocenters. The van der Waals surface area contributed by atoms with Gasteiger partial charge in [0.15, 0.2) is 0 Å². The summed E-state index contributed by atoms with van der Waals surface area (Å²) in [4.78, 5) is 0. The first kappa shape index (κ1) is 6.84. The van der Waals surface area contributed by atoms with Gasteiger partial charge < -0.3 is 0 Å². The van der Waals surface area contributed by atoms with Gasteiger partial charge in [-0.05, 0) is 0 Å². The lowest BCUT2D eigenvalue weighted by Crippen LogP contribution is -1.81. The van der Waals surface area contributed by atoms with Gasteiger partial charge in [0, 0.05) is 0 Å². The third kappa shape index (κ3) is 1.57. The number of aromatic nitrogens is 3. The van der Waals surface area contributed by atoms with Crippen molar-refractivity contribution in [2.45, 2.75) is 6.43 Å². The summed E-state index contributed by atoms with van der Waals surface area (Å²) >= 11 is 1.74. The zero-order valence-electron chi connectivity index (χ0n) is 4.13. The van der Waals surface area contributed by atoms with Gasteiger partial charge in [0.05, 0.1) is 29.1 Å². The second kappa shape index (κ2) is 2.54. The lowest BCUT2D eigenvalue weighted by Gasteiger charge is -1.84. The number of hydrogen-bond donors (Lipinski definition) is 0. The molecule has 0 bridgehead atoms. The summed E-state index contributed by atoms with van der Waals surface area (Å²) in [6, 6.07) is 0. The summed E-state index contributed by atoms with van der Waals surface area (Å²) < 4.78 is 24.5. The average molecular weight is 245 g/mol. The van der Waals surface area contributed by atoms with E-state index in [0.717, 1.165) is 0 Å². The number of rotatable bonds is 1. The Morgan fingerprint density at radius 1 is 1.67 bits per heavy atom. The minimum absolute atomic E-state index is 0.288. The molecule has 0 saturated carbocycles. The molecule has 1 rings (SSSR count). The van der Waals surface area contributed by atoms with Gasteiger partial charge in [0.2, 0.25) is 0 Å². The maximum atomic E-state index is 11.7. The standard InChI is InChI=1S/C3H2F2IN3/c4-3(5)2-1-9(6)8-7-2/h1,3H. The Hall–Kier alpha value is -0.270. The minimum Gasteiger partial charge on any atom is -0.203 e.